The topological polar surface area (TPSA) is 62.0 Å². The molecule has 0 saturated heterocycles. The maximum absolute atomic E-state index is 11.2. The van der Waals surface area contributed by atoms with Gasteiger partial charge in [-0.1, -0.05) is 32.0 Å². The van der Waals surface area contributed by atoms with Crippen LogP contribution in [0.1, 0.15) is 19.4 Å². The Balaban J connectivity index is 2.34. The highest BCUT2D eigenvalue weighted by Crippen LogP contribution is 2.29. The quantitative estimate of drug-likeness (QED) is 0.889. The van der Waals surface area contributed by atoms with Crippen molar-refractivity contribution in [2.45, 2.75) is 19.3 Å². The van der Waals surface area contributed by atoms with Gasteiger partial charge < -0.3 is 4.98 Å². The first-order valence-electron chi connectivity index (χ1n) is 5.81. The number of hydrogen-bond donors (Lipinski definition) is 2. The smallest absolute Gasteiger partial charge is 0.208 e. The number of rotatable bonds is 4. The van der Waals surface area contributed by atoms with Crippen molar-refractivity contribution in [3.63, 3.8) is 0 Å². The molecule has 5 heteroatoms. The molecule has 4 nitrogen and oxygen atoms in total. The molecule has 2 N–H and O–H groups in total. The lowest BCUT2D eigenvalue weighted by Gasteiger charge is -2.24. The number of H-pyrrole nitrogens is 1. The second kappa shape index (κ2) is 4.40. The minimum atomic E-state index is -3.16. The zero-order valence-electron chi connectivity index (χ0n) is 10.8. The molecule has 1 aromatic heterocycles. The highest BCUT2D eigenvalue weighted by molar-refractivity contribution is 7.88. The van der Waals surface area contributed by atoms with Gasteiger partial charge in [0.1, 0.15) is 0 Å². The first-order chi connectivity index (χ1) is 8.30. The third-order valence-corrected chi connectivity index (χ3v) is 3.76. The summed E-state index contributed by atoms with van der Waals surface area (Å²) in [5, 5.41) is 1.14. The van der Waals surface area contributed by atoms with Crippen molar-refractivity contribution in [3.05, 3.63) is 36.0 Å². The fourth-order valence-corrected chi connectivity index (χ4v) is 2.66. The van der Waals surface area contributed by atoms with Crippen molar-refractivity contribution in [2.24, 2.45) is 0 Å². The largest absolute Gasteiger partial charge is 0.361 e. The number of benzene rings is 1. The first kappa shape index (κ1) is 13.1. The summed E-state index contributed by atoms with van der Waals surface area (Å²) < 4.78 is 25.0. The Morgan fingerprint density at radius 3 is 2.61 bits per heavy atom. The molecule has 98 valence electrons. The maximum Gasteiger partial charge on any atom is 0.208 e. The van der Waals surface area contributed by atoms with E-state index < -0.39 is 10.0 Å². The number of aromatic nitrogens is 1. The fraction of sp³-hybridized carbons (Fsp3) is 0.385. The molecule has 0 aliphatic carbocycles. The standard InChI is InChI=1S/C13H18N2O2S/c1-13(2,9-15-18(3,16)17)11-8-14-12-7-5-4-6-10(11)12/h4-8,14-15H,9H2,1-3H3. The first-order valence-corrected chi connectivity index (χ1v) is 7.70. The molecule has 0 bridgehead atoms. The Morgan fingerprint density at radius 1 is 1.28 bits per heavy atom. The van der Waals surface area contributed by atoms with Crippen LogP contribution in [0.2, 0.25) is 0 Å². The van der Waals surface area contributed by atoms with Crippen LogP contribution in [0, 0.1) is 0 Å². The van der Waals surface area contributed by atoms with Crippen molar-refractivity contribution in [3.8, 4) is 0 Å². The summed E-state index contributed by atoms with van der Waals surface area (Å²) in [5.41, 5.74) is 1.93. The minimum absolute atomic E-state index is 0.261. The number of sulfonamides is 1. The van der Waals surface area contributed by atoms with Gasteiger partial charge in [0, 0.05) is 29.1 Å². The highest BCUT2D eigenvalue weighted by Gasteiger charge is 2.24. The van der Waals surface area contributed by atoms with Gasteiger partial charge in [0.15, 0.2) is 0 Å². The van der Waals surface area contributed by atoms with Gasteiger partial charge in [-0.2, -0.15) is 0 Å². The van der Waals surface area contributed by atoms with Crippen LogP contribution in [0.5, 0.6) is 0 Å². The zero-order chi connectivity index (χ0) is 13.4. The van der Waals surface area contributed by atoms with Gasteiger partial charge in [-0.3, -0.25) is 0 Å². The van der Waals surface area contributed by atoms with Gasteiger partial charge in [-0.15, -0.1) is 0 Å². The molecule has 0 radical (unpaired) electrons. The van der Waals surface area contributed by atoms with E-state index in [0.29, 0.717) is 6.54 Å². The summed E-state index contributed by atoms with van der Waals surface area (Å²) in [4.78, 5) is 3.21. The van der Waals surface area contributed by atoms with E-state index in [-0.39, 0.29) is 5.41 Å². The van der Waals surface area contributed by atoms with Crippen LogP contribution in [0.25, 0.3) is 10.9 Å². The number of aromatic amines is 1. The average Bonchev–Trinajstić information content (AvgIpc) is 2.70. The molecular weight excluding hydrogens is 248 g/mol. The van der Waals surface area contributed by atoms with Gasteiger partial charge in [0.2, 0.25) is 10.0 Å². The Labute approximate surface area is 107 Å². The molecule has 0 unspecified atom stereocenters. The molecule has 0 atom stereocenters. The van der Waals surface area contributed by atoms with E-state index in [4.69, 9.17) is 0 Å². The zero-order valence-corrected chi connectivity index (χ0v) is 11.6. The second-order valence-corrected chi connectivity index (χ2v) is 7.06. The van der Waals surface area contributed by atoms with Crippen LogP contribution in [0.15, 0.2) is 30.5 Å². The van der Waals surface area contributed by atoms with E-state index in [1.54, 1.807) is 0 Å². The molecule has 0 fully saturated rings. The Hall–Kier alpha value is -1.33. The van der Waals surface area contributed by atoms with E-state index in [0.717, 1.165) is 16.5 Å². The monoisotopic (exact) mass is 266 g/mol. The lowest BCUT2D eigenvalue weighted by atomic mass is 9.85. The van der Waals surface area contributed by atoms with Crippen LogP contribution >= 0.6 is 0 Å². The van der Waals surface area contributed by atoms with Gasteiger partial charge in [-0.25, -0.2) is 13.1 Å². The Kier molecular flexibility index (Phi) is 3.21. The average molecular weight is 266 g/mol. The van der Waals surface area contributed by atoms with Gasteiger partial charge in [-0.05, 0) is 11.6 Å². The summed E-state index contributed by atoms with van der Waals surface area (Å²) >= 11 is 0. The van der Waals surface area contributed by atoms with Crippen molar-refractivity contribution in [2.75, 3.05) is 12.8 Å². The van der Waals surface area contributed by atoms with Gasteiger partial charge in [0.05, 0.1) is 6.26 Å². The summed E-state index contributed by atoms with van der Waals surface area (Å²) in [7, 11) is -3.16. The minimum Gasteiger partial charge on any atom is -0.361 e. The van der Waals surface area contributed by atoms with E-state index >= 15 is 0 Å². The Bertz CT molecular complexity index is 656. The molecule has 1 aromatic carbocycles. The fourth-order valence-electron chi connectivity index (χ4n) is 2.04. The molecule has 0 amide bonds. The van der Waals surface area contributed by atoms with Crippen LogP contribution in [-0.4, -0.2) is 26.2 Å². The van der Waals surface area contributed by atoms with E-state index in [2.05, 4.69) is 9.71 Å². The molecule has 0 aliphatic rings. The lowest BCUT2D eigenvalue weighted by Crippen LogP contribution is -2.35. The molecule has 18 heavy (non-hydrogen) atoms. The van der Waals surface area contributed by atoms with Crippen LogP contribution in [-0.2, 0) is 15.4 Å². The number of fused-ring (bicyclic) bond motifs is 1. The van der Waals surface area contributed by atoms with Gasteiger partial charge in [0.25, 0.3) is 0 Å². The highest BCUT2D eigenvalue weighted by atomic mass is 32.2. The van der Waals surface area contributed by atoms with Crippen molar-refractivity contribution >= 4 is 20.9 Å². The third kappa shape index (κ3) is 2.73. The van der Waals surface area contributed by atoms with E-state index in [1.165, 1.54) is 6.26 Å². The Morgan fingerprint density at radius 2 is 1.94 bits per heavy atom. The summed E-state index contributed by atoms with van der Waals surface area (Å²) in [6.45, 7) is 4.44. The van der Waals surface area contributed by atoms with E-state index in [1.807, 2.05) is 44.3 Å². The molecule has 2 aromatic rings. The van der Waals surface area contributed by atoms with Crippen molar-refractivity contribution in [1.29, 1.82) is 0 Å². The van der Waals surface area contributed by atoms with Crippen LogP contribution in [0.3, 0.4) is 0 Å². The second-order valence-electron chi connectivity index (χ2n) is 5.23. The van der Waals surface area contributed by atoms with E-state index in [9.17, 15) is 8.42 Å². The summed E-state index contributed by atoms with van der Waals surface area (Å²) in [6.07, 6.45) is 3.13. The van der Waals surface area contributed by atoms with Crippen molar-refractivity contribution < 1.29 is 8.42 Å². The van der Waals surface area contributed by atoms with Gasteiger partial charge >= 0.3 is 0 Å². The summed E-state index contributed by atoms with van der Waals surface area (Å²) in [6, 6.07) is 8.02. The summed E-state index contributed by atoms with van der Waals surface area (Å²) in [5.74, 6) is 0. The number of para-hydroxylation sites is 1. The maximum atomic E-state index is 11.2. The molecule has 0 aliphatic heterocycles. The number of hydrogen-bond acceptors (Lipinski definition) is 2. The molecule has 1 heterocycles. The predicted molar refractivity (Wildman–Crippen MR) is 74.2 cm³/mol. The van der Waals surface area contributed by atoms with Crippen LogP contribution in [0.4, 0.5) is 0 Å². The SMILES string of the molecule is CC(C)(CNS(C)(=O)=O)c1c[nH]c2ccccc12. The third-order valence-electron chi connectivity index (χ3n) is 3.09. The molecule has 0 spiro atoms. The van der Waals surface area contributed by atoms with Crippen LogP contribution < -0.4 is 4.72 Å². The lowest BCUT2D eigenvalue weighted by molar-refractivity contribution is 0.507. The number of nitrogens with one attached hydrogen (secondary N) is 2. The van der Waals surface area contributed by atoms with Crippen molar-refractivity contribution in [1.82, 2.24) is 9.71 Å². The molecule has 2 rings (SSSR count). The predicted octanol–water partition coefficient (Wildman–Crippen LogP) is 1.99. The molecular formula is C13H18N2O2S. The molecule has 0 saturated carbocycles. The normalized spacial score (nSPS) is 13.1.